The molecule has 0 amide bonds. The number of methoxy groups -OCH3 is 1. The van der Waals surface area contributed by atoms with Crippen molar-refractivity contribution in [1.82, 2.24) is 0 Å². The van der Waals surface area contributed by atoms with E-state index < -0.39 is 11.5 Å². The van der Waals surface area contributed by atoms with Gasteiger partial charge in [0.1, 0.15) is 11.9 Å². The van der Waals surface area contributed by atoms with Crippen molar-refractivity contribution in [3.63, 3.8) is 0 Å². The van der Waals surface area contributed by atoms with Crippen LogP contribution in [0.4, 0.5) is 8.78 Å². The standard InChI is InChI=1S/C10H10BrClF2O2/c1-16-8-3-2-6(4-7(8)11)5-9(15)10(12,13)14/h2-4,9,15H,5H2,1H3. The third kappa shape index (κ3) is 3.57. The van der Waals surface area contributed by atoms with E-state index in [2.05, 4.69) is 15.9 Å². The zero-order chi connectivity index (χ0) is 12.3. The molecular weight excluding hydrogens is 305 g/mol. The highest BCUT2D eigenvalue weighted by Gasteiger charge is 2.35. The van der Waals surface area contributed by atoms with Crippen molar-refractivity contribution in [3.8, 4) is 5.75 Å². The van der Waals surface area contributed by atoms with E-state index in [1.54, 1.807) is 18.2 Å². The molecule has 0 aliphatic carbocycles. The summed E-state index contributed by atoms with van der Waals surface area (Å²) in [6, 6.07) is 4.82. The van der Waals surface area contributed by atoms with E-state index in [0.29, 0.717) is 15.8 Å². The highest BCUT2D eigenvalue weighted by Crippen LogP contribution is 2.29. The van der Waals surface area contributed by atoms with E-state index >= 15 is 0 Å². The highest BCUT2D eigenvalue weighted by atomic mass is 79.9. The van der Waals surface area contributed by atoms with Crippen LogP contribution in [-0.4, -0.2) is 23.7 Å². The quantitative estimate of drug-likeness (QED) is 0.865. The Bertz CT molecular complexity index is 368. The van der Waals surface area contributed by atoms with Crippen LogP contribution in [0, 0.1) is 0 Å². The van der Waals surface area contributed by atoms with E-state index in [9.17, 15) is 8.78 Å². The molecule has 1 rings (SSSR count). The zero-order valence-electron chi connectivity index (χ0n) is 8.38. The van der Waals surface area contributed by atoms with Crippen LogP contribution in [0.1, 0.15) is 5.56 Å². The number of aliphatic hydroxyl groups excluding tert-OH is 1. The molecule has 1 aromatic carbocycles. The molecule has 1 unspecified atom stereocenters. The monoisotopic (exact) mass is 314 g/mol. The summed E-state index contributed by atoms with van der Waals surface area (Å²) < 4.78 is 30.7. The smallest absolute Gasteiger partial charge is 0.347 e. The predicted molar refractivity (Wildman–Crippen MR) is 61.2 cm³/mol. The summed E-state index contributed by atoms with van der Waals surface area (Å²) in [5.74, 6) is 0.593. The molecular formula is C10H10BrClF2O2. The number of hydrogen-bond donors (Lipinski definition) is 1. The van der Waals surface area contributed by atoms with Crippen molar-refractivity contribution in [2.45, 2.75) is 17.9 Å². The molecule has 0 spiro atoms. The van der Waals surface area contributed by atoms with Gasteiger partial charge in [0.05, 0.1) is 11.6 Å². The van der Waals surface area contributed by atoms with Crippen LogP contribution in [0.5, 0.6) is 5.75 Å². The molecule has 1 atom stereocenters. The average Bonchev–Trinajstić information content (AvgIpc) is 2.16. The molecule has 0 saturated heterocycles. The SMILES string of the molecule is COc1ccc(CC(O)C(F)(F)Cl)cc1Br. The second-order valence-electron chi connectivity index (χ2n) is 3.23. The van der Waals surface area contributed by atoms with Crippen LogP contribution < -0.4 is 4.74 Å². The Kier molecular flexibility index (Phi) is 4.52. The molecule has 0 aliphatic heterocycles. The van der Waals surface area contributed by atoms with Crippen molar-refractivity contribution in [3.05, 3.63) is 28.2 Å². The summed E-state index contributed by atoms with van der Waals surface area (Å²) in [5.41, 5.74) is 0.542. The first kappa shape index (κ1) is 13.7. The molecule has 2 nitrogen and oxygen atoms in total. The van der Waals surface area contributed by atoms with Gasteiger partial charge in [0.25, 0.3) is 0 Å². The topological polar surface area (TPSA) is 29.5 Å². The van der Waals surface area contributed by atoms with Crippen molar-refractivity contribution < 1.29 is 18.6 Å². The molecule has 0 bridgehead atoms. The number of ether oxygens (including phenoxy) is 1. The lowest BCUT2D eigenvalue weighted by molar-refractivity contribution is -0.0397. The second-order valence-corrected chi connectivity index (χ2v) is 4.59. The second kappa shape index (κ2) is 5.29. The minimum Gasteiger partial charge on any atom is -0.496 e. The Morgan fingerprint density at radius 2 is 2.19 bits per heavy atom. The number of rotatable bonds is 4. The number of halogens is 4. The Hall–Kier alpha value is -0.390. The van der Waals surface area contributed by atoms with Gasteiger partial charge >= 0.3 is 5.38 Å². The molecule has 6 heteroatoms. The minimum absolute atomic E-state index is 0.223. The van der Waals surface area contributed by atoms with E-state index in [4.69, 9.17) is 21.4 Å². The minimum atomic E-state index is -3.62. The molecule has 0 fully saturated rings. The zero-order valence-corrected chi connectivity index (χ0v) is 10.7. The van der Waals surface area contributed by atoms with E-state index in [-0.39, 0.29) is 6.42 Å². The summed E-state index contributed by atoms with van der Waals surface area (Å²) >= 11 is 7.93. The highest BCUT2D eigenvalue weighted by molar-refractivity contribution is 9.10. The molecule has 16 heavy (non-hydrogen) atoms. The number of alkyl halides is 3. The van der Waals surface area contributed by atoms with Gasteiger partial charge in [-0.3, -0.25) is 0 Å². The molecule has 90 valence electrons. The maximum absolute atomic E-state index is 12.5. The Labute approximate surface area is 105 Å². The molecule has 0 saturated carbocycles. The van der Waals surface area contributed by atoms with Gasteiger partial charge in [0, 0.05) is 6.42 Å². The lowest BCUT2D eigenvalue weighted by Crippen LogP contribution is -2.29. The first-order valence-corrected chi connectivity index (χ1v) is 5.59. The van der Waals surface area contributed by atoms with Crippen LogP contribution in [-0.2, 0) is 6.42 Å². The summed E-state index contributed by atoms with van der Waals surface area (Å²) in [4.78, 5) is 0. The molecule has 0 heterocycles. The molecule has 1 N–H and O–H groups in total. The fraction of sp³-hybridized carbons (Fsp3) is 0.400. The fourth-order valence-electron chi connectivity index (χ4n) is 1.18. The predicted octanol–water partition coefficient (Wildman–Crippen LogP) is 3.19. The average molecular weight is 316 g/mol. The van der Waals surface area contributed by atoms with Gasteiger partial charge in [-0.05, 0) is 45.2 Å². The van der Waals surface area contributed by atoms with Crippen molar-refractivity contribution >= 4 is 27.5 Å². The molecule has 1 aromatic rings. The molecule has 0 radical (unpaired) electrons. The van der Waals surface area contributed by atoms with Crippen molar-refractivity contribution in [2.75, 3.05) is 7.11 Å². The summed E-state index contributed by atoms with van der Waals surface area (Å²) in [6.07, 6.45) is -2.13. The van der Waals surface area contributed by atoms with Gasteiger partial charge in [0.2, 0.25) is 0 Å². The van der Waals surface area contributed by atoms with Gasteiger partial charge < -0.3 is 9.84 Å². The van der Waals surface area contributed by atoms with Crippen LogP contribution in [0.3, 0.4) is 0 Å². The number of benzene rings is 1. The molecule has 0 aromatic heterocycles. The lowest BCUT2D eigenvalue weighted by atomic mass is 10.1. The van der Waals surface area contributed by atoms with E-state index in [0.717, 1.165) is 0 Å². The normalized spacial score (nSPS) is 13.6. The van der Waals surface area contributed by atoms with Gasteiger partial charge in [0.15, 0.2) is 0 Å². The van der Waals surface area contributed by atoms with Crippen molar-refractivity contribution in [2.24, 2.45) is 0 Å². The maximum atomic E-state index is 12.5. The van der Waals surface area contributed by atoms with Crippen LogP contribution in [0.15, 0.2) is 22.7 Å². The summed E-state index contributed by atoms with van der Waals surface area (Å²) in [6.45, 7) is 0. The Morgan fingerprint density at radius 3 is 2.62 bits per heavy atom. The van der Waals surface area contributed by atoms with Gasteiger partial charge in [-0.25, -0.2) is 0 Å². The maximum Gasteiger partial charge on any atom is 0.347 e. The third-order valence-electron chi connectivity index (χ3n) is 2.02. The Morgan fingerprint density at radius 1 is 1.56 bits per heavy atom. The summed E-state index contributed by atoms with van der Waals surface area (Å²) in [7, 11) is 1.50. The fourth-order valence-corrected chi connectivity index (χ4v) is 1.84. The first-order valence-electron chi connectivity index (χ1n) is 4.42. The van der Waals surface area contributed by atoms with Crippen LogP contribution in [0.25, 0.3) is 0 Å². The lowest BCUT2D eigenvalue weighted by Gasteiger charge is -2.16. The number of aliphatic hydroxyl groups is 1. The van der Waals surface area contributed by atoms with E-state index in [1.165, 1.54) is 7.11 Å². The first-order chi connectivity index (χ1) is 7.34. The van der Waals surface area contributed by atoms with Crippen LogP contribution >= 0.6 is 27.5 Å². The number of hydrogen-bond acceptors (Lipinski definition) is 2. The van der Waals surface area contributed by atoms with Gasteiger partial charge in [-0.15, -0.1) is 0 Å². The molecule has 0 aliphatic rings. The Balaban J connectivity index is 2.79. The van der Waals surface area contributed by atoms with Gasteiger partial charge in [-0.1, -0.05) is 6.07 Å². The summed E-state index contributed by atoms with van der Waals surface area (Å²) in [5, 5.41) is 5.51. The van der Waals surface area contributed by atoms with E-state index in [1.807, 2.05) is 0 Å². The van der Waals surface area contributed by atoms with Gasteiger partial charge in [-0.2, -0.15) is 8.78 Å². The third-order valence-corrected chi connectivity index (χ3v) is 2.89. The van der Waals surface area contributed by atoms with Crippen LogP contribution in [0.2, 0.25) is 0 Å². The largest absolute Gasteiger partial charge is 0.496 e. The van der Waals surface area contributed by atoms with Crippen molar-refractivity contribution in [1.29, 1.82) is 0 Å².